The van der Waals surface area contributed by atoms with Crippen LogP contribution in [0.5, 0.6) is 0 Å². The summed E-state index contributed by atoms with van der Waals surface area (Å²) in [4.78, 5) is 11.7. The normalized spacial score (nSPS) is 12.4. The van der Waals surface area contributed by atoms with Gasteiger partial charge in [-0.05, 0) is 6.92 Å². The van der Waals surface area contributed by atoms with E-state index in [-0.39, 0.29) is 18.6 Å². The molecule has 0 aliphatic carbocycles. The van der Waals surface area contributed by atoms with E-state index in [1.165, 1.54) is 0 Å². The van der Waals surface area contributed by atoms with Crippen LogP contribution in [-0.4, -0.2) is 53.7 Å². The molecule has 1 aromatic rings. The van der Waals surface area contributed by atoms with Crippen LogP contribution >= 0.6 is 0 Å². The minimum Gasteiger partial charge on any atom is -0.394 e. The number of aliphatic hydroxyl groups excluding tert-OH is 1. The van der Waals surface area contributed by atoms with Gasteiger partial charge >= 0.3 is 0 Å². The van der Waals surface area contributed by atoms with Gasteiger partial charge in [-0.15, -0.1) is 0 Å². The van der Waals surface area contributed by atoms with Crippen molar-refractivity contribution >= 4 is 5.91 Å². The van der Waals surface area contributed by atoms with Crippen molar-refractivity contribution in [3.8, 4) is 0 Å². The fraction of sp³-hybridized carbons (Fsp3) is 0.667. The van der Waals surface area contributed by atoms with Gasteiger partial charge in [0.2, 0.25) is 5.91 Å². The largest absolute Gasteiger partial charge is 0.394 e. The third-order valence-electron chi connectivity index (χ3n) is 2.63. The van der Waals surface area contributed by atoms with E-state index in [9.17, 15) is 4.79 Å². The predicted molar refractivity (Wildman–Crippen MR) is 70.5 cm³/mol. The van der Waals surface area contributed by atoms with E-state index in [0.29, 0.717) is 26.2 Å². The van der Waals surface area contributed by atoms with E-state index < -0.39 is 0 Å². The second kappa shape index (κ2) is 8.63. The van der Waals surface area contributed by atoms with Gasteiger partial charge in [0.05, 0.1) is 32.0 Å². The summed E-state index contributed by atoms with van der Waals surface area (Å²) in [5, 5.41) is 18.7. The first-order valence-electron chi connectivity index (χ1n) is 6.29. The molecule has 0 aliphatic rings. The van der Waals surface area contributed by atoms with E-state index in [1.807, 2.05) is 6.20 Å². The summed E-state index contributed by atoms with van der Waals surface area (Å²) >= 11 is 0. The summed E-state index contributed by atoms with van der Waals surface area (Å²) in [6.07, 6.45) is 3.57. The molecule has 1 aromatic heterocycles. The quantitative estimate of drug-likeness (QED) is 0.507. The maximum atomic E-state index is 11.7. The third kappa shape index (κ3) is 5.82. The summed E-state index contributed by atoms with van der Waals surface area (Å²) < 4.78 is 6.53. The smallest absolute Gasteiger partial charge is 0.236 e. The Morgan fingerprint density at radius 1 is 1.63 bits per heavy atom. The molecule has 0 aliphatic heterocycles. The second-order valence-corrected chi connectivity index (χ2v) is 4.22. The Hall–Kier alpha value is -1.44. The van der Waals surface area contributed by atoms with Gasteiger partial charge in [-0.25, -0.2) is 0 Å². The van der Waals surface area contributed by atoms with Gasteiger partial charge in [0.25, 0.3) is 0 Å². The number of amides is 1. The SMILES string of the molecule is COCCNC(=O)C(C)NCc1cnn(CCO)c1. The first kappa shape index (κ1) is 15.6. The molecular weight excluding hydrogens is 248 g/mol. The molecule has 0 saturated carbocycles. The topological polar surface area (TPSA) is 88.4 Å². The van der Waals surface area contributed by atoms with E-state index in [0.717, 1.165) is 5.56 Å². The summed E-state index contributed by atoms with van der Waals surface area (Å²) in [7, 11) is 1.60. The zero-order valence-electron chi connectivity index (χ0n) is 11.4. The van der Waals surface area contributed by atoms with Crippen molar-refractivity contribution in [3.05, 3.63) is 18.0 Å². The van der Waals surface area contributed by atoms with Crippen LogP contribution < -0.4 is 10.6 Å². The number of rotatable bonds is 9. The standard InChI is InChI=1S/C12H22N4O3/c1-10(12(18)13-3-6-19-2)14-7-11-8-15-16(9-11)4-5-17/h8-10,14,17H,3-7H2,1-2H3,(H,13,18). The molecule has 19 heavy (non-hydrogen) atoms. The number of aliphatic hydroxyl groups is 1. The Morgan fingerprint density at radius 2 is 2.42 bits per heavy atom. The second-order valence-electron chi connectivity index (χ2n) is 4.22. The Kier molecular flexibility index (Phi) is 7.09. The molecule has 1 amide bonds. The van der Waals surface area contributed by atoms with Crippen molar-refractivity contribution in [2.75, 3.05) is 26.9 Å². The Labute approximate surface area is 112 Å². The zero-order valence-corrected chi connectivity index (χ0v) is 11.4. The van der Waals surface area contributed by atoms with Crippen LogP contribution in [0.25, 0.3) is 0 Å². The van der Waals surface area contributed by atoms with Crippen molar-refractivity contribution < 1.29 is 14.6 Å². The van der Waals surface area contributed by atoms with E-state index in [2.05, 4.69) is 15.7 Å². The molecule has 108 valence electrons. The number of nitrogens with one attached hydrogen (secondary N) is 2. The lowest BCUT2D eigenvalue weighted by Crippen LogP contribution is -2.42. The first-order valence-corrected chi connectivity index (χ1v) is 6.29. The minimum atomic E-state index is -0.280. The average molecular weight is 270 g/mol. The lowest BCUT2D eigenvalue weighted by molar-refractivity contribution is -0.122. The summed E-state index contributed by atoms with van der Waals surface area (Å²) in [5.41, 5.74) is 0.977. The number of methoxy groups -OCH3 is 1. The highest BCUT2D eigenvalue weighted by Crippen LogP contribution is 1.98. The average Bonchev–Trinajstić information content (AvgIpc) is 2.84. The van der Waals surface area contributed by atoms with Crippen LogP contribution in [0.3, 0.4) is 0 Å². The fourth-order valence-corrected chi connectivity index (χ4v) is 1.52. The zero-order chi connectivity index (χ0) is 14.1. The van der Waals surface area contributed by atoms with Gasteiger partial charge in [-0.1, -0.05) is 0 Å². The summed E-state index contributed by atoms with van der Waals surface area (Å²) in [6, 6.07) is -0.280. The number of hydrogen-bond acceptors (Lipinski definition) is 5. The highest BCUT2D eigenvalue weighted by atomic mass is 16.5. The molecule has 0 aromatic carbocycles. The lowest BCUT2D eigenvalue weighted by Gasteiger charge is -2.13. The van der Waals surface area contributed by atoms with Crippen LogP contribution in [0.2, 0.25) is 0 Å². The monoisotopic (exact) mass is 270 g/mol. The van der Waals surface area contributed by atoms with Crippen LogP contribution in [-0.2, 0) is 22.6 Å². The molecular formula is C12H22N4O3. The number of ether oxygens (including phenoxy) is 1. The van der Waals surface area contributed by atoms with Crippen LogP contribution in [0.15, 0.2) is 12.4 Å². The first-order chi connectivity index (χ1) is 9.17. The molecule has 1 atom stereocenters. The van der Waals surface area contributed by atoms with Gasteiger partial charge in [0.1, 0.15) is 0 Å². The molecule has 0 radical (unpaired) electrons. The summed E-state index contributed by atoms with van der Waals surface area (Å²) in [5.74, 6) is -0.0557. The van der Waals surface area contributed by atoms with E-state index in [1.54, 1.807) is 24.9 Å². The maximum Gasteiger partial charge on any atom is 0.236 e. The van der Waals surface area contributed by atoms with E-state index in [4.69, 9.17) is 9.84 Å². The van der Waals surface area contributed by atoms with Crippen LogP contribution in [0.1, 0.15) is 12.5 Å². The summed E-state index contributed by atoms with van der Waals surface area (Å²) in [6.45, 7) is 3.92. The van der Waals surface area contributed by atoms with Gasteiger partial charge in [0, 0.05) is 32.0 Å². The molecule has 0 spiro atoms. The molecule has 3 N–H and O–H groups in total. The Morgan fingerprint density at radius 3 is 3.11 bits per heavy atom. The molecule has 7 nitrogen and oxygen atoms in total. The molecule has 7 heteroatoms. The molecule has 1 heterocycles. The molecule has 0 bridgehead atoms. The van der Waals surface area contributed by atoms with Gasteiger partial charge in [0.15, 0.2) is 0 Å². The highest BCUT2D eigenvalue weighted by molar-refractivity contribution is 5.81. The van der Waals surface area contributed by atoms with Gasteiger partial charge in [-0.2, -0.15) is 5.10 Å². The number of aromatic nitrogens is 2. The van der Waals surface area contributed by atoms with E-state index >= 15 is 0 Å². The minimum absolute atomic E-state index is 0.0557. The van der Waals surface area contributed by atoms with Crippen molar-refractivity contribution in [1.82, 2.24) is 20.4 Å². The Bertz CT molecular complexity index is 381. The lowest BCUT2D eigenvalue weighted by atomic mass is 10.3. The van der Waals surface area contributed by atoms with Crippen molar-refractivity contribution in [1.29, 1.82) is 0 Å². The molecule has 0 fully saturated rings. The van der Waals surface area contributed by atoms with Crippen molar-refractivity contribution in [2.24, 2.45) is 0 Å². The van der Waals surface area contributed by atoms with Gasteiger partial charge in [-0.3, -0.25) is 9.48 Å². The molecule has 0 saturated heterocycles. The third-order valence-corrected chi connectivity index (χ3v) is 2.63. The van der Waals surface area contributed by atoms with Crippen molar-refractivity contribution in [3.63, 3.8) is 0 Å². The van der Waals surface area contributed by atoms with Crippen LogP contribution in [0.4, 0.5) is 0 Å². The number of hydrogen-bond donors (Lipinski definition) is 3. The number of carbonyl (C=O) groups is 1. The van der Waals surface area contributed by atoms with Crippen molar-refractivity contribution in [2.45, 2.75) is 26.1 Å². The predicted octanol–water partition coefficient (Wildman–Crippen LogP) is -0.884. The number of carbonyl (C=O) groups excluding carboxylic acids is 1. The number of nitrogens with zero attached hydrogens (tertiary/aromatic N) is 2. The fourth-order valence-electron chi connectivity index (χ4n) is 1.52. The highest BCUT2D eigenvalue weighted by Gasteiger charge is 2.11. The molecule has 1 rings (SSSR count). The maximum absolute atomic E-state index is 11.7. The molecule has 1 unspecified atom stereocenters. The Balaban J connectivity index is 2.28. The van der Waals surface area contributed by atoms with Crippen LogP contribution in [0, 0.1) is 0 Å². The van der Waals surface area contributed by atoms with Gasteiger partial charge < -0.3 is 20.5 Å².